The molecular weight excluding hydrogens is 378 g/mol. The molecule has 1 aliphatic heterocycles. The van der Waals surface area contributed by atoms with E-state index < -0.39 is 10.8 Å². The van der Waals surface area contributed by atoms with Crippen molar-refractivity contribution in [2.45, 2.75) is 6.92 Å². The molecule has 0 aromatic heterocycles. The molecular formula is C20H19N3O6. The molecule has 0 atom stereocenters. The quantitative estimate of drug-likeness (QED) is 0.420. The van der Waals surface area contributed by atoms with Crippen LogP contribution in [0.4, 0.5) is 11.4 Å². The molecule has 1 aliphatic rings. The molecule has 0 saturated carbocycles. The van der Waals surface area contributed by atoms with Crippen LogP contribution in [0.1, 0.15) is 12.5 Å². The van der Waals surface area contributed by atoms with Gasteiger partial charge in [-0.15, -0.1) is 5.10 Å². The molecule has 0 fully saturated rings. The molecule has 1 amide bonds. The summed E-state index contributed by atoms with van der Waals surface area (Å²) in [5, 5.41) is 16.2. The fraction of sp³-hybridized carbons (Fsp3) is 0.200. The molecule has 0 saturated heterocycles. The zero-order chi connectivity index (χ0) is 21.0. The molecule has 0 bridgehead atoms. The third-order valence-corrected chi connectivity index (χ3v) is 4.15. The van der Waals surface area contributed by atoms with Gasteiger partial charge in [0, 0.05) is 12.1 Å². The molecule has 150 valence electrons. The highest BCUT2D eigenvalue weighted by molar-refractivity contribution is 6.30. The number of nitrogens with zero attached hydrogens (tertiary/aromatic N) is 3. The minimum atomic E-state index is -0.507. The Morgan fingerprint density at radius 2 is 1.79 bits per heavy atom. The fourth-order valence-corrected chi connectivity index (χ4v) is 2.76. The first-order valence-electron chi connectivity index (χ1n) is 8.73. The maximum Gasteiger partial charge on any atom is 0.284 e. The lowest BCUT2D eigenvalue weighted by atomic mass is 10.1. The first-order valence-corrected chi connectivity index (χ1v) is 8.73. The van der Waals surface area contributed by atoms with E-state index in [9.17, 15) is 14.9 Å². The number of rotatable bonds is 6. The highest BCUT2D eigenvalue weighted by atomic mass is 16.6. The maximum atomic E-state index is 13.0. The highest BCUT2D eigenvalue weighted by Gasteiger charge is 2.33. The molecule has 2 aromatic carbocycles. The number of ether oxygens (including phenoxy) is 3. The van der Waals surface area contributed by atoms with Crippen molar-refractivity contribution in [3.63, 3.8) is 0 Å². The van der Waals surface area contributed by atoms with E-state index >= 15 is 0 Å². The van der Waals surface area contributed by atoms with E-state index in [0.29, 0.717) is 29.4 Å². The Morgan fingerprint density at radius 1 is 1.10 bits per heavy atom. The van der Waals surface area contributed by atoms with Gasteiger partial charge in [-0.25, -0.2) is 0 Å². The normalized spacial score (nSPS) is 14.7. The van der Waals surface area contributed by atoms with Gasteiger partial charge in [-0.3, -0.25) is 14.9 Å². The number of nitro benzene ring substituents is 1. The molecule has 0 N–H and O–H groups in total. The first kappa shape index (κ1) is 19.9. The molecule has 1 heterocycles. The number of methoxy groups -OCH3 is 2. The van der Waals surface area contributed by atoms with Crippen molar-refractivity contribution in [1.29, 1.82) is 0 Å². The minimum Gasteiger partial charge on any atom is -0.493 e. The second-order valence-electron chi connectivity index (χ2n) is 5.90. The number of hydrogen-bond acceptors (Lipinski definition) is 7. The number of hydrogen-bond donors (Lipinski definition) is 0. The monoisotopic (exact) mass is 397 g/mol. The molecule has 9 heteroatoms. The average Bonchev–Trinajstić information content (AvgIpc) is 3.03. The first-order chi connectivity index (χ1) is 14.0. The number of carbonyl (C=O) groups is 1. The fourth-order valence-electron chi connectivity index (χ4n) is 2.76. The zero-order valence-electron chi connectivity index (χ0n) is 16.1. The Labute approximate surface area is 166 Å². The van der Waals surface area contributed by atoms with Gasteiger partial charge in [0.15, 0.2) is 11.5 Å². The van der Waals surface area contributed by atoms with Crippen molar-refractivity contribution in [3.8, 4) is 11.5 Å². The predicted molar refractivity (Wildman–Crippen MR) is 107 cm³/mol. The van der Waals surface area contributed by atoms with E-state index in [0.717, 1.165) is 5.01 Å². The SMILES string of the molecule is CCOC1=NN(c2ccc([N+](=O)[O-])cc2)C(=O)/C1=C/c1ccc(OC)c(OC)c1. The molecule has 0 aliphatic carbocycles. The van der Waals surface area contributed by atoms with Crippen LogP contribution < -0.4 is 14.5 Å². The Hall–Kier alpha value is -3.88. The summed E-state index contributed by atoms with van der Waals surface area (Å²) in [4.78, 5) is 23.3. The molecule has 0 unspecified atom stereocenters. The van der Waals surface area contributed by atoms with E-state index in [1.54, 1.807) is 38.3 Å². The van der Waals surface area contributed by atoms with Crippen molar-refractivity contribution in [2.24, 2.45) is 5.10 Å². The van der Waals surface area contributed by atoms with Crippen LogP contribution in [0.25, 0.3) is 6.08 Å². The Morgan fingerprint density at radius 3 is 2.38 bits per heavy atom. The van der Waals surface area contributed by atoms with Gasteiger partial charge in [0.2, 0.25) is 5.90 Å². The molecule has 3 rings (SSSR count). The third kappa shape index (κ3) is 4.03. The van der Waals surface area contributed by atoms with Crippen molar-refractivity contribution >= 4 is 29.3 Å². The van der Waals surface area contributed by atoms with Gasteiger partial charge >= 0.3 is 0 Å². The minimum absolute atomic E-state index is 0.0736. The number of non-ortho nitro benzene ring substituents is 1. The summed E-state index contributed by atoms with van der Waals surface area (Å²) in [5.74, 6) is 0.857. The number of nitro groups is 1. The van der Waals surface area contributed by atoms with E-state index in [1.807, 2.05) is 0 Å². The number of hydrazone groups is 1. The van der Waals surface area contributed by atoms with Crippen LogP contribution in [-0.2, 0) is 9.53 Å². The summed E-state index contributed by atoms with van der Waals surface area (Å²) in [6, 6.07) is 10.8. The maximum absolute atomic E-state index is 13.0. The van der Waals surface area contributed by atoms with Gasteiger partial charge in [-0.1, -0.05) is 6.07 Å². The van der Waals surface area contributed by atoms with Crippen LogP contribution >= 0.6 is 0 Å². The van der Waals surface area contributed by atoms with E-state index in [-0.39, 0.29) is 17.2 Å². The molecule has 9 nitrogen and oxygen atoms in total. The zero-order valence-corrected chi connectivity index (χ0v) is 16.1. The van der Waals surface area contributed by atoms with Gasteiger partial charge in [0.1, 0.15) is 5.57 Å². The smallest absolute Gasteiger partial charge is 0.284 e. The Kier molecular flexibility index (Phi) is 5.77. The van der Waals surface area contributed by atoms with E-state index in [4.69, 9.17) is 14.2 Å². The van der Waals surface area contributed by atoms with E-state index in [2.05, 4.69) is 5.10 Å². The van der Waals surface area contributed by atoms with Gasteiger partial charge in [-0.2, -0.15) is 5.01 Å². The van der Waals surface area contributed by atoms with Gasteiger partial charge in [-0.05, 0) is 42.8 Å². The van der Waals surface area contributed by atoms with Crippen LogP contribution in [0, 0.1) is 10.1 Å². The summed E-state index contributed by atoms with van der Waals surface area (Å²) < 4.78 is 16.1. The number of carbonyl (C=O) groups excluding carboxylic acids is 1. The number of benzene rings is 2. The molecule has 2 aromatic rings. The van der Waals surface area contributed by atoms with Gasteiger partial charge in [0.05, 0.1) is 31.4 Å². The lowest BCUT2D eigenvalue weighted by molar-refractivity contribution is -0.384. The lowest BCUT2D eigenvalue weighted by Gasteiger charge is -2.11. The topological polar surface area (TPSA) is 104 Å². The van der Waals surface area contributed by atoms with Crippen LogP contribution in [0.15, 0.2) is 53.1 Å². The summed E-state index contributed by atoms with van der Waals surface area (Å²) in [6.07, 6.45) is 1.64. The molecule has 0 spiro atoms. The number of anilines is 1. The van der Waals surface area contributed by atoms with Gasteiger partial charge in [0.25, 0.3) is 11.6 Å². The van der Waals surface area contributed by atoms with Crippen molar-refractivity contribution in [3.05, 3.63) is 63.7 Å². The lowest BCUT2D eigenvalue weighted by Crippen LogP contribution is -2.21. The van der Waals surface area contributed by atoms with Crippen LogP contribution in [-0.4, -0.2) is 37.6 Å². The Balaban J connectivity index is 1.97. The summed E-state index contributed by atoms with van der Waals surface area (Å²) in [7, 11) is 3.07. The van der Waals surface area contributed by atoms with Crippen LogP contribution in [0.3, 0.4) is 0 Å². The van der Waals surface area contributed by atoms with E-state index in [1.165, 1.54) is 31.4 Å². The largest absolute Gasteiger partial charge is 0.493 e. The summed E-state index contributed by atoms with van der Waals surface area (Å²) in [5.41, 5.74) is 1.28. The summed E-state index contributed by atoms with van der Waals surface area (Å²) >= 11 is 0. The van der Waals surface area contributed by atoms with Crippen LogP contribution in [0.5, 0.6) is 11.5 Å². The number of amides is 1. The van der Waals surface area contributed by atoms with Crippen molar-refractivity contribution in [1.82, 2.24) is 0 Å². The highest BCUT2D eigenvalue weighted by Crippen LogP contribution is 2.31. The third-order valence-electron chi connectivity index (χ3n) is 4.15. The average molecular weight is 397 g/mol. The standard InChI is InChI=1S/C20H19N3O6/c1-4-29-19-16(11-13-5-10-17(27-2)18(12-13)28-3)20(24)22(21-19)14-6-8-15(9-7-14)23(25)26/h5-12H,4H2,1-3H3/b16-11+. The second kappa shape index (κ2) is 8.42. The van der Waals surface area contributed by atoms with Crippen molar-refractivity contribution in [2.75, 3.05) is 25.8 Å². The van der Waals surface area contributed by atoms with Gasteiger partial charge < -0.3 is 14.2 Å². The molecule has 29 heavy (non-hydrogen) atoms. The predicted octanol–water partition coefficient (Wildman–Crippen LogP) is 3.39. The summed E-state index contributed by atoms with van der Waals surface area (Å²) in [6.45, 7) is 2.11. The van der Waals surface area contributed by atoms with Crippen molar-refractivity contribution < 1.29 is 23.9 Å². The van der Waals surface area contributed by atoms with Crippen LogP contribution in [0.2, 0.25) is 0 Å². The second-order valence-corrected chi connectivity index (χ2v) is 5.90. The Bertz CT molecular complexity index is 998. The molecule has 0 radical (unpaired) electrons.